The molecule has 2 fully saturated rings. The first-order valence-electron chi connectivity index (χ1n) is 12.2. The Hall–Kier alpha value is -3.73. The SMILES string of the molecule is Cc1ncncc1-c1nc2c(OC3(C)CC3)nc(Nc3cnn(C4CCN(C)CC4)c3)nc2cc1F. The van der Waals surface area contributed by atoms with Crippen molar-refractivity contribution in [3.05, 3.63) is 42.5 Å². The Morgan fingerprint density at radius 1 is 1.14 bits per heavy atom. The zero-order valence-electron chi connectivity index (χ0n) is 20.6. The van der Waals surface area contributed by atoms with Crippen molar-refractivity contribution in [1.82, 2.24) is 39.6 Å². The molecule has 6 rings (SSSR count). The van der Waals surface area contributed by atoms with E-state index in [1.807, 2.05) is 17.8 Å². The summed E-state index contributed by atoms with van der Waals surface area (Å²) in [5.41, 5.74) is 2.51. The molecule has 5 heterocycles. The summed E-state index contributed by atoms with van der Waals surface area (Å²) in [5, 5.41) is 7.77. The van der Waals surface area contributed by atoms with Gasteiger partial charge in [0.1, 0.15) is 23.1 Å². The molecule has 36 heavy (non-hydrogen) atoms. The van der Waals surface area contributed by atoms with Crippen LogP contribution in [0, 0.1) is 12.7 Å². The van der Waals surface area contributed by atoms with Crippen molar-refractivity contribution >= 4 is 22.7 Å². The van der Waals surface area contributed by atoms with Crippen LogP contribution < -0.4 is 10.1 Å². The summed E-state index contributed by atoms with van der Waals surface area (Å²) >= 11 is 0. The van der Waals surface area contributed by atoms with E-state index < -0.39 is 5.82 Å². The lowest BCUT2D eigenvalue weighted by molar-refractivity contribution is 0.194. The molecule has 1 saturated heterocycles. The fourth-order valence-corrected chi connectivity index (χ4v) is 4.45. The zero-order chi connectivity index (χ0) is 24.9. The van der Waals surface area contributed by atoms with Crippen molar-refractivity contribution in [2.75, 3.05) is 25.5 Å². The monoisotopic (exact) mass is 489 g/mol. The second-order valence-corrected chi connectivity index (χ2v) is 9.98. The molecule has 0 atom stereocenters. The minimum atomic E-state index is -0.510. The number of aromatic nitrogens is 7. The maximum atomic E-state index is 15.2. The third-order valence-electron chi connectivity index (χ3n) is 6.98. The summed E-state index contributed by atoms with van der Waals surface area (Å²) in [6.45, 7) is 5.92. The van der Waals surface area contributed by atoms with Gasteiger partial charge in [0.15, 0.2) is 11.3 Å². The number of anilines is 2. The predicted molar refractivity (Wildman–Crippen MR) is 133 cm³/mol. The number of aryl methyl sites for hydroxylation is 1. The van der Waals surface area contributed by atoms with E-state index in [1.54, 1.807) is 19.3 Å². The molecule has 2 aliphatic rings. The van der Waals surface area contributed by atoms with Crippen molar-refractivity contribution in [2.24, 2.45) is 0 Å². The van der Waals surface area contributed by atoms with Crippen molar-refractivity contribution < 1.29 is 9.13 Å². The molecular weight excluding hydrogens is 461 g/mol. The van der Waals surface area contributed by atoms with Gasteiger partial charge in [-0.15, -0.1) is 0 Å². The van der Waals surface area contributed by atoms with Gasteiger partial charge in [0, 0.05) is 24.0 Å². The largest absolute Gasteiger partial charge is 0.470 e. The first-order chi connectivity index (χ1) is 17.4. The summed E-state index contributed by atoms with van der Waals surface area (Å²) in [4.78, 5) is 24.3. The standard InChI is InChI=1S/C25H28FN9O/c1-15-18(12-27-14-28-15)21-19(26)10-20-22(32-21)23(36-25(2)6-7-25)33-24(31-20)30-16-11-29-35(13-16)17-4-8-34(3)9-5-17/h10-14,17H,4-9H2,1-3H3,(H,30,31,33). The average Bonchev–Trinajstić information content (AvgIpc) is 3.39. The molecule has 1 saturated carbocycles. The highest BCUT2D eigenvalue weighted by molar-refractivity contribution is 5.84. The van der Waals surface area contributed by atoms with Gasteiger partial charge in [-0.3, -0.25) is 4.68 Å². The second kappa shape index (κ2) is 8.74. The van der Waals surface area contributed by atoms with Gasteiger partial charge in [0.25, 0.3) is 0 Å². The molecule has 0 aromatic carbocycles. The number of fused-ring (bicyclic) bond motifs is 1. The maximum Gasteiger partial charge on any atom is 0.246 e. The van der Waals surface area contributed by atoms with Crippen molar-refractivity contribution in [1.29, 1.82) is 0 Å². The van der Waals surface area contributed by atoms with E-state index in [4.69, 9.17) is 4.74 Å². The summed E-state index contributed by atoms with van der Waals surface area (Å²) in [7, 11) is 2.14. The van der Waals surface area contributed by atoms with Gasteiger partial charge in [-0.25, -0.2) is 24.3 Å². The van der Waals surface area contributed by atoms with Crippen LogP contribution in [-0.4, -0.2) is 65.3 Å². The lowest BCUT2D eigenvalue weighted by Gasteiger charge is -2.28. The molecule has 0 radical (unpaired) electrons. The number of likely N-dealkylation sites (tertiary alicyclic amines) is 1. The van der Waals surface area contributed by atoms with Crippen LogP contribution in [0.1, 0.15) is 44.3 Å². The molecule has 11 heteroatoms. The number of nitrogens with one attached hydrogen (secondary N) is 1. The zero-order valence-corrected chi connectivity index (χ0v) is 20.6. The van der Waals surface area contributed by atoms with Crippen LogP contribution in [0.4, 0.5) is 16.0 Å². The van der Waals surface area contributed by atoms with Gasteiger partial charge in [0.2, 0.25) is 11.8 Å². The molecule has 10 nitrogen and oxygen atoms in total. The van der Waals surface area contributed by atoms with Crippen LogP contribution in [0.2, 0.25) is 0 Å². The van der Waals surface area contributed by atoms with E-state index in [9.17, 15) is 0 Å². The van der Waals surface area contributed by atoms with Crippen LogP contribution in [-0.2, 0) is 0 Å². The smallest absolute Gasteiger partial charge is 0.246 e. The molecule has 4 aromatic heterocycles. The Labute approximate surface area is 208 Å². The lowest BCUT2D eigenvalue weighted by atomic mass is 10.1. The fourth-order valence-electron chi connectivity index (χ4n) is 4.45. The molecule has 0 amide bonds. The Balaban J connectivity index is 1.35. The van der Waals surface area contributed by atoms with E-state index >= 15 is 4.39 Å². The van der Waals surface area contributed by atoms with Gasteiger partial charge < -0.3 is 15.0 Å². The van der Waals surface area contributed by atoms with Crippen molar-refractivity contribution in [2.45, 2.75) is 51.2 Å². The highest BCUT2D eigenvalue weighted by Crippen LogP contribution is 2.41. The second-order valence-electron chi connectivity index (χ2n) is 9.98. The summed E-state index contributed by atoms with van der Waals surface area (Å²) in [5.74, 6) is 0.113. The van der Waals surface area contributed by atoms with Crippen LogP contribution in [0.15, 0.2) is 31.0 Å². The van der Waals surface area contributed by atoms with Gasteiger partial charge in [0.05, 0.1) is 23.6 Å². The highest BCUT2D eigenvalue weighted by atomic mass is 19.1. The normalized spacial score (nSPS) is 17.9. The minimum absolute atomic E-state index is 0.148. The molecule has 4 aromatic rings. The first-order valence-corrected chi connectivity index (χ1v) is 12.2. The summed E-state index contributed by atoms with van der Waals surface area (Å²) in [6.07, 6.45) is 10.7. The Bertz CT molecular complexity index is 1430. The topological polar surface area (TPSA) is 107 Å². The van der Waals surface area contributed by atoms with Crippen LogP contribution >= 0.6 is 0 Å². The molecule has 1 N–H and O–H groups in total. The quantitative estimate of drug-likeness (QED) is 0.429. The summed E-state index contributed by atoms with van der Waals surface area (Å²) < 4.78 is 23.4. The number of pyridine rings is 1. The minimum Gasteiger partial charge on any atom is -0.470 e. The van der Waals surface area contributed by atoms with Gasteiger partial charge in [-0.2, -0.15) is 10.1 Å². The van der Waals surface area contributed by atoms with Crippen LogP contribution in [0.25, 0.3) is 22.3 Å². The Morgan fingerprint density at radius 3 is 2.69 bits per heavy atom. The summed E-state index contributed by atoms with van der Waals surface area (Å²) in [6, 6.07) is 1.73. The fraction of sp³-hybridized carbons (Fsp3) is 0.440. The number of piperidine rings is 1. The van der Waals surface area contributed by atoms with E-state index in [0.29, 0.717) is 40.2 Å². The number of hydrogen-bond acceptors (Lipinski definition) is 9. The predicted octanol–water partition coefficient (Wildman–Crippen LogP) is 4.07. The maximum absolute atomic E-state index is 15.2. The third-order valence-corrected chi connectivity index (χ3v) is 6.98. The Kier molecular flexibility index (Phi) is 5.51. The number of nitrogens with zero attached hydrogens (tertiary/aromatic N) is 8. The highest BCUT2D eigenvalue weighted by Gasteiger charge is 2.41. The van der Waals surface area contributed by atoms with Crippen molar-refractivity contribution in [3.63, 3.8) is 0 Å². The molecule has 0 spiro atoms. The Morgan fingerprint density at radius 2 is 1.94 bits per heavy atom. The van der Waals surface area contributed by atoms with E-state index in [1.165, 1.54) is 12.4 Å². The number of ether oxygens (including phenoxy) is 1. The van der Waals surface area contributed by atoms with E-state index in [-0.39, 0.29) is 11.3 Å². The lowest BCUT2D eigenvalue weighted by Crippen LogP contribution is -2.31. The van der Waals surface area contributed by atoms with Crippen molar-refractivity contribution in [3.8, 4) is 17.1 Å². The number of halogens is 1. The molecule has 0 bridgehead atoms. The van der Waals surface area contributed by atoms with Gasteiger partial charge >= 0.3 is 0 Å². The van der Waals surface area contributed by atoms with Crippen LogP contribution in [0.3, 0.4) is 0 Å². The molecule has 1 aliphatic heterocycles. The molecule has 1 aliphatic carbocycles. The van der Waals surface area contributed by atoms with Gasteiger partial charge in [-0.1, -0.05) is 0 Å². The van der Waals surface area contributed by atoms with Gasteiger partial charge in [-0.05, 0) is 59.7 Å². The van der Waals surface area contributed by atoms with Crippen LogP contribution in [0.5, 0.6) is 5.88 Å². The number of rotatable bonds is 6. The molecular formula is C25H28FN9O. The first kappa shape index (κ1) is 22.7. The average molecular weight is 490 g/mol. The van der Waals surface area contributed by atoms with E-state index in [0.717, 1.165) is 44.5 Å². The number of hydrogen-bond donors (Lipinski definition) is 1. The van der Waals surface area contributed by atoms with E-state index in [2.05, 4.69) is 47.3 Å². The molecule has 0 unspecified atom stereocenters. The third kappa shape index (κ3) is 4.46. The molecule has 186 valence electrons.